The second kappa shape index (κ2) is 10.6. The number of sulfonamides is 1. The number of nitrogens with zero attached hydrogens (tertiary/aromatic N) is 6. The van der Waals surface area contributed by atoms with Crippen molar-refractivity contribution in [1.29, 1.82) is 0 Å². The quantitative estimate of drug-likeness (QED) is 0.438. The van der Waals surface area contributed by atoms with Gasteiger partial charge in [0.15, 0.2) is 11.6 Å². The molecule has 4 rings (SSSR count). The molecule has 35 heavy (non-hydrogen) atoms. The van der Waals surface area contributed by atoms with Crippen LogP contribution >= 0.6 is 0 Å². The van der Waals surface area contributed by atoms with Crippen LogP contribution in [0.3, 0.4) is 0 Å². The molecule has 3 aromatic heterocycles. The predicted molar refractivity (Wildman–Crippen MR) is 127 cm³/mol. The molecule has 13 heteroatoms. The summed E-state index contributed by atoms with van der Waals surface area (Å²) in [6, 6.07) is 3.16. The van der Waals surface area contributed by atoms with E-state index in [1.807, 2.05) is 13.8 Å². The Labute approximate surface area is 204 Å². The first-order valence-electron chi connectivity index (χ1n) is 11.3. The number of rotatable bonds is 10. The van der Waals surface area contributed by atoms with Gasteiger partial charge in [0.2, 0.25) is 21.9 Å². The number of hydrogen-bond donors (Lipinski definition) is 1. The van der Waals surface area contributed by atoms with Crippen LogP contribution in [0.2, 0.25) is 0 Å². The zero-order valence-corrected chi connectivity index (χ0v) is 20.9. The van der Waals surface area contributed by atoms with Crippen molar-refractivity contribution in [3.8, 4) is 17.3 Å². The summed E-state index contributed by atoms with van der Waals surface area (Å²) in [4.78, 5) is 12.9. The fourth-order valence-electron chi connectivity index (χ4n) is 3.73. The first-order valence-corrected chi connectivity index (χ1v) is 12.8. The molecule has 0 spiro atoms. The maximum atomic E-state index is 13.5. The van der Waals surface area contributed by atoms with Crippen molar-refractivity contribution in [1.82, 2.24) is 29.7 Å². The van der Waals surface area contributed by atoms with E-state index < -0.39 is 21.4 Å². The minimum atomic E-state index is -4.01. The van der Waals surface area contributed by atoms with Gasteiger partial charge in [-0.3, -0.25) is 9.29 Å². The Kier molecular flexibility index (Phi) is 7.57. The van der Waals surface area contributed by atoms with Gasteiger partial charge in [-0.05, 0) is 38.0 Å². The summed E-state index contributed by atoms with van der Waals surface area (Å²) in [6.07, 6.45) is 4.73. The molecule has 1 N–H and O–H groups in total. The molecule has 188 valence electrons. The lowest BCUT2D eigenvalue weighted by Gasteiger charge is -2.24. The third-order valence-corrected chi connectivity index (χ3v) is 7.24. The van der Waals surface area contributed by atoms with Crippen LogP contribution in [0.1, 0.15) is 43.8 Å². The van der Waals surface area contributed by atoms with Crippen LogP contribution in [0, 0.1) is 6.92 Å². The third kappa shape index (κ3) is 5.26. The number of methoxy groups -OCH3 is 1. The number of ether oxygens (including phenoxy) is 3. The molecule has 0 aliphatic carbocycles. The number of aromatic nitrogens is 6. The van der Waals surface area contributed by atoms with Gasteiger partial charge in [-0.2, -0.15) is 0 Å². The van der Waals surface area contributed by atoms with E-state index in [0.29, 0.717) is 36.1 Å². The lowest BCUT2D eigenvalue weighted by molar-refractivity contribution is 0.0466. The van der Waals surface area contributed by atoms with Gasteiger partial charge in [0.1, 0.15) is 18.0 Å². The van der Waals surface area contributed by atoms with Gasteiger partial charge in [-0.1, -0.05) is 6.92 Å². The molecule has 12 nitrogen and oxygen atoms in total. The summed E-state index contributed by atoms with van der Waals surface area (Å²) < 4.78 is 48.4. The highest BCUT2D eigenvalue weighted by Gasteiger charge is 2.36. The third-order valence-electron chi connectivity index (χ3n) is 5.55. The van der Waals surface area contributed by atoms with Gasteiger partial charge in [-0.25, -0.2) is 23.4 Å². The monoisotopic (exact) mass is 503 g/mol. The summed E-state index contributed by atoms with van der Waals surface area (Å²) in [7, 11) is -2.45. The second-order valence-corrected chi connectivity index (χ2v) is 10.3. The maximum absolute atomic E-state index is 13.5. The summed E-state index contributed by atoms with van der Waals surface area (Å²) in [5.41, 5.74) is 1.47. The number of nitrogens with one attached hydrogen (secondary N) is 1. The minimum absolute atomic E-state index is 0.0493. The van der Waals surface area contributed by atoms with E-state index in [0.717, 1.165) is 5.56 Å². The molecule has 0 aromatic carbocycles. The van der Waals surface area contributed by atoms with Crippen molar-refractivity contribution >= 4 is 16.0 Å². The maximum Gasteiger partial charge on any atom is 0.240 e. The van der Waals surface area contributed by atoms with Gasteiger partial charge in [-0.15, -0.1) is 10.2 Å². The van der Waals surface area contributed by atoms with Gasteiger partial charge in [0.05, 0.1) is 18.2 Å². The average molecular weight is 504 g/mol. The number of pyridine rings is 1. The largest absolute Gasteiger partial charge is 0.475 e. The minimum Gasteiger partial charge on any atom is -0.475 e. The molecule has 1 aliphatic rings. The molecule has 0 bridgehead atoms. The molecule has 0 amide bonds. The van der Waals surface area contributed by atoms with Crippen molar-refractivity contribution < 1.29 is 22.6 Å². The highest BCUT2D eigenvalue weighted by atomic mass is 32.2. The summed E-state index contributed by atoms with van der Waals surface area (Å²) in [5, 5.41) is 7.38. The Balaban J connectivity index is 1.69. The highest BCUT2D eigenvalue weighted by Crippen LogP contribution is 2.35. The number of fused-ring (bicyclic) bond motifs is 3. The molecule has 0 saturated carbocycles. The van der Waals surface area contributed by atoms with E-state index in [-0.39, 0.29) is 25.2 Å². The van der Waals surface area contributed by atoms with E-state index in [2.05, 4.69) is 29.9 Å². The Bertz CT molecular complexity index is 1250. The Morgan fingerprint density at radius 3 is 2.74 bits per heavy atom. The zero-order chi connectivity index (χ0) is 25.0. The van der Waals surface area contributed by atoms with E-state index in [1.54, 1.807) is 49.3 Å². The molecule has 4 heterocycles. The smallest absolute Gasteiger partial charge is 0.240 e. The summed E-state index contributed by atoms with van der Waals surface area (Å²) in [6.45, 7) is 6.17. The Morgan fingerprint density at radius 2 is 2.03 bits per heavy atom. The SMILES string of the molecule is CCCO[C@H](c1ncc(C)cn1)[C@H](C)S(=O)(=O)Nc1nnc2n1[C@H](COC)COc1ncccc1-2. The first-order chi connectivity index (χ1) is 16.9. The molecular formula is C22H29N7O5S. The van der Waals surface area contributed by atoms with Gasteiger partial charge >= 0.3 is 0 Å². The van der Waals surface area contributed by atoms with Crippen LogP contribution < -0.4 is 9.46 Å². The number of anilines is 1. The molecule has 3 aromatic rings. The van der Waals surface area contributed by atoms with Gasteiger partial charge < -0.3 is 14.2 Å². The number of aryl methyl sites for hydroxylation is 1. The topological polar surface area (TPSA) is 143 Å². The Hall–Kier alpha value is -3.16. The summed E-state index contributed by atoms with van der Waals surface area (Å²) >= 11 is 0. The van der Waals surface area contributed by atoms with Crippen molar-refractivity contribution in [2.45, 2.75) is 44.6 Å². The van der Waals surface area contributed by atoms with Crippen LogP contribution in [-0.2, 0) is 19.5 Å². The van der Waals surface area contributed by atoms with Gasteiger partial charge in [0.25, 0.3) is 0 Å². The van der Waals surface area contributed by atoms with Crippen molar-refractivity contribution in [3.05, 3.63) is 42.1 Å². The summed E-state index contributed by atoms with van der Waals surface area (Å²) in [5.74, 6) is 1.17. The van der Waals surface area contributed by atoms with Crippen LogP contribution in [0.5, 0.6) is 5.88 Å². The molecule has 1 aliphatic heterocycles. The first kappa shape index (κ1) is 24.9. The fraction of sp³-hybridized carbons (Fsp3) is 0.500. The van der Waals surface area contributed by atoms with Crippen molar-refractivity contribution in [2.75, 3.05) is 31.7 Å². The van der Waals surface area contributed by atoms with Crippen LogP contribution in [-0.4, -0.2) is 70.3 Å². The van der Waals surface area contributed by atoms with Crippen molar-refractivity contribution in [3.63, 3.8) is 0 Å². The molecule has 3 atom stereocenters. The normalized spacial score (nSPS) is 17.0. The highest BCUT2D eigenvalue weighted by molar-refractivity contribution is 7.93. The lowest BCUT2D eigenvalue weighted by Crippen LogP contribution is -2.35. The van der Waals surface area contributed by atoms with Gasteiger partial charge in [0, 0.05) is 32.3 Å². The molecule has 0 saturated heterocycles. The predicted octanol–water partition coefficient (Wildman–Crippen LogP) is 2.32. The fourth-order valence-corrected chi connectivity index (χ4v) is 4.83. The van der Waals surface area contributed by atoms with E-state index in [4.69, 9.17) is 14.2 Å². The molecule has 0 unspecified atom stereocenters. The van der Waals surface area contributed by atoms with Crippen LogP contribution in [0.25, 0.3) is 11.4 Å². The van der Waals surface area contributed by atoms with Crippen LogP contribution in [0.15, 0.2) is 30.7 Å². The Morgan fingerprint density at radius 1 is 1.26 bits per heavy atom. The van der Waals surface area contributed by atoms with Crippen molar-refractivity contribution in [2.24, 2.45) is 0 Å². The molecule has 0 radical (unpaired) electrons. The molecular weight excluding hydrogens is 474 g/mol. The van der Waals surface area contributed by atoms with E-state index in [9.17, 15) is 8.42 Å². The number of hydrogen-bond acceptors (Lipinski definition) is 10. The molecule has 0 fully saturated rings. The van der Waals surface area contributed by atoms with Crippen LogP contribution in [0.4, 0.5) is 5.95 Å². The zero-order valence-electron chi connectivity index (χ0n) is 20.1. The second-order valence-electron chi connectivity index (χ2n) is 8.26. The lowest BCUT2D eigenvalue weighted by atomic mass is 10.2. The van der Waals surface area contributed by atoms with E-state index in [1.165, 1.54) is 0 Å². The van der Waals surface area contributed by atoms with E-state index >= 15 is 0 Å². The average Bonchev–Trinajstić information content (AvgIpc) is 3.18. The standard InChI is InChI=1S/C22H29N7O5S/c1-5-9-33-18(19-24-10-14(2)11-25-19)15(3)35(30,31)28-22-27-26-20-17-7-6-8-23-21(17)34-13-16(12-32-4)29(20)22/h6-8,10-11,15-16,18H,5,9,12-13H2,1-4H3,(H,27,28)/t15-,16+,18-/m0/s1.